The van der Waals surface area contributed by atoms with Crippen LogP contribution in [-0.2, 0) is 9.53 Å². The first-order valence-electron chi connectivity index (χ1n) is 6.40. The minimum atomic E-state index is -0.249. The molecule has 0 aromatic heterocycles. The van der Waals surface area contributed by atoms with Crippen molar-refractivity contribution in [2.24, 2.45) is 11.3 Å². The Bertz CT molecular complexity index is 220. The van der Waals surface area contributed by atoms with Crippen molar-refractivity contribution in [3.63, 3.8) is 0 Å². The Morgan fingerprint density at radius 3 is 2.81 bits per heavy atom. The first kappa shape index (κ1) is 13.7. The normalized spacial score (nSPS) is 22.1. The second kappa shape index (κ2) is 6.36. The second-order valence-electron chi connectivity index (χ2n) is 5.24. The number of carbonyl (C=O) groups is 1. The monoisotopic (exact) mass is 227 g/mol. The number of ether oxygens (including phenoxy) is 1. The standard InChI is InChI=1S/C13H25NO2/c1-4-8-16-10-12(15)13(2,3)11-6-5-7-14-9-11/h11,14H,4-10H2,1-3H3. The minimum Gasteiger partial charge on any atom is -0.374 e. The van der Waals surface area contributed by atoms with Gasteiger partial charge in [-0.15, -0.1) is 0 Å². The van der Waals surface area contributed by atoms with E-state index in [1.807, 2.05) is 0 Å². The van der Waals surface area contributed by atoms with E-state index in [1.54, 1.807) is 0 Å². The largest absolute Gasteiger partial charge is 0.374 e. The molecule has 0 aliphatic carbocycles. The maximum absolute atomic E-state index is 12.1. The van der Waals surface area contributed by atoms with E-state index >= 15 is 0 Å². The van der Waals surface area contributed by atoms with Crippen LogP contribution in [0.3, 0.4) is 0 Å². The van der Waals surface area contributed by atoms with E-state index < -0.39 is 0 Å². The molecule has 1 aliphatic heterocycles. The van der Waals surface area contributed by atoms with Gasteiger partial charge in [0.25, 0.3) is 0 Å². The van der Waals surface area contributed by atoms with E-state index in [9.17, 15) is 4.79 Å². The molecule has 94 valence electrons. The highest BCUT2D eigenvalue weighted by atomic mass is 16.5. The molecule has 1 unspecified atom stereocenters. The zero-order valence-electron chi connectivity index (χ0n) is 10.8. The highest BCUT2D eigenvalue weighted by Crippen LogP contribution is 2.32. The van der Waals surface area contributed by atoms with Crippen LogP contribution in [0, 0.1) is 11.3 Å². The average Bonchev–Trinajstić information content (AvgIpc) is 2.30. The van der Waals surface area contributed by atoms with Gasteiger partial charge in [-0.1, -0.05) is 20.8 Å². The lowest BCUT2D eigenvalue weighted by atomic mass is 9.72. The van der Waals surface area contributed by atoms with E-state index in [-0.39, 0.29) is 17.8 Å². The zero-order valence-corrected chi connectivity index (χ0v) is 10.8. The van der Waals surface area contributed by atoms with E-state index in [4.69, 9.17) is 4.74 Å². The first-order valence-corrected chi connectivity index (χ1v) is 6.40. The summed E-state index contributed by atoms with van der Waals surface area (Å²) in [7, 11) is 0. The van der Waals surface area contributed by atoms with Crippen molar-refractivity contribution in [1.29, 1.82) is 0 Å². The molecule has 1 atom stereocenters. The average molecular weight is 227 g/mol. The van der Waals surface area contributed by atoms with Crippen LogP contribution in [0.5, 0.6) is 0 Å². The van der Waals surface area contributed by atoms with Crippen LogP contribution in [0.4, 0.5) is 0 Å². The third kappa shape index (κ3) is 3.56. The fourth-order valence-electron chi connectivity index (χ4n) is 2.19. The van der Waals surface area contributed by atoms with Gasteiger partial charge in [-0.25, -0.2) is 0 Å². The number of rotatable bonds is 6. The van der Waals surface area contributed by atoms with Crippen molar-refractivity contribution in [3.05, 3.63) is 0 Å². The van der Waals surface area contributed by atoms with Gasteiger partial charge in [0.15, 0.2) is 5.78 Å². The Balaban J connectivity index is 2.43. The molecule has 1 heterocycles. The van der Waals surface area contributed by atoms with Gasteiger partial charge in [0.1, 0.15) is 6.61 Å². The number of piperidine rings is 1. The topological polar surface area (TPSA) is 38.3 Å². The summed E-state index contributed by atoms with van der Waals surface area (Å²) in [6.07, 6.45) is 3.30. The Hall–Kier alpha value is -0.410. The molecule has 1 rings (SSSR count). The Morgan fingerprint density at radius 1 is 1.50 bits per heavy atom. The number of Topliss-reactive ketones (excluding diaryl/α,β-unsaturated/α-hetero) is 1. The van der Waals surface area contributed by atoms with E-state index in [0.717, 1.165) is 25.9 Å². The van der Waals surface area contributed by atoms with Crippen LogP contribution in [-0.4, -0.2) is 32.1 Å². The van der Waals surface area contributed by atoms with Gasteiger partial charge in [0.2, 0.25) is 0 Å². The predicted octanol–water partition coefficient (Wildman–Crippen LogP) is 2.01. The molecule has 0 bridgehead atoms. The SMILES string of the molecule is CCCOCC(=O)C(C)(C)C1CCCNC1. The van der Waals surface area contributed by atoms with Crippen LogP contribution < -0.4 is 5.32 Å². The maximum atomic E-state index is 12.1. The summed E-state index contributed by atoms with van der Waals surface area (Å²) in [6.45, 7) is 9.19. The van der Waals surface area contributed by atoms with Gasteiger partial charge < -0.3 is 10.1 Å². The molecular formula is C13H25NO2. The number of hydrogen-bond donors (Lipinski definition) is 1. The highest BCUT2D eigenvalue weighted by Gasteiger charge is 2.36. The van der Waals surface area contributed by atoms with Crippen molar-refractivity contribution < 1.29 is 9.53 Å². The minimum absolute atomic E-state index is 0.245. The lowest BCUT2D eigenvalue weighted by Crippen LogP contribution is -2.43. The molecule has 0 aromatic carbocycles. The van der Waals surface area contributed by atoms with Gasteiger partial charge in [-0.3, -0.25) is 4.79 Å². The van der Waals surface area contributed by atoms with Crippen LogP contribution in [0.15, 0.2) is 0 Å². The summed E-state index contributed by atoms with van der Waals surface area (Å²) in [5.74, 6) is 0.702. The van der Waals surface area contributed by atoms with E-state index in [2.05, 4.69) is 26.1 Å². The lowest BCUT2D eigenvalue weighted by molar-refractivity contribution is -0.135. The molecule has 0 spiro atoms. The Kier molecular flexibility index (Phi) is 5.42. The lowest BCUT2D eigenvalue weighted by Gasteiger charge is -2.36. The van der Waals surface area contributed by atoms with Gasteiger partial charge in [0.05, 0.1) is 0 Å². The zero-order chi connectivity index (χ0) is 12.0. The number of ketones is 1. The summed E-state index contributed by atoms with van der Waals surface area (Å²) < 4.78 is 5.35. The molecule has 0 saturated carbocycles. The van der Waals surface area contributed by atoms with Crippen molar-refractivity contribution >= 4 is 5.78 Å². The molecule has 3 heteroatoms. The summed E-state index contributed by atoms with van der Waals surface area (Å²) in [5, 5.41) is 3.37. The summed E-state index contributed by atoms with van der Waals surface area (Å²) in [4.78, 5) is 12.1. The van der Waals surface area contributed by atoms with Crippen molar-refractivity contribution in [3.8, 4) is 0 Å². The Morgan fingerprint density at radius 2 is 2.25 bits per heavy atom. The first-order chi connectivity index (χ1) is 7.59. The molecule has 0 radical (unpaired) electrons. The van der Waals surface area contributed by atoms with Crippen LogP contribution in [0.25, 0.3) is 0 Å². The van der Waals surface area contributed by atoms with Crippen molar-refractivity contribution in [2.75, 3.05) is 26.3 Å². The van der Waals surface area contributed by atoms with Gasteiger partial charge >= 0.3 is 0 Å². The molecular weight excluding hydrogens is 202 g/mol. The second-order valence-corrected chi connectivity index (χ2v) is 5.24. The third-order valence-electron chi connectivity index (χ3n) is 3.62. The van der Waals surface area contributed by atoms with Gasteiger partial charge in [0, 0.05) is 12.0 Å². The molecule has 1 saturated heterocycles. The Labute approximate surface area is 98.9 Å². The third-order valence-corrected chi connectivity index (χ3v) is 3.62. The quantitative estimate of drug-likeness (QED) is 0.705. The van der Waals surface area contributed by atoms with E-state index in [0.29, 0.717) is 12.5 Å². The summed E-state index contributed by atoms with van der Waals surface area (Å²) >= 11 is 0. The molecule has 1 fully saturated rings. The van der Waals surface area contributed by atoms with Gasteiger partial charge in [-0.05, 0) is 38.3 Å². The smallest absolute Gasteiger partial charge is 0.164 e. The molecule has 0 aromatic rings. The number of carbonyl (C=O) groups excluding carboxylic acids is 1. The van der Waals surface area contributed by atoms with Crippen LogP contribution in [0.2, 0.25) is 0 Å². The summed E-state index contributed by atoms with van der Waals surface area (Å²) in [5.41, 5.74) is -0.249. The number of nitrogens with one attached hydrogen (secondary N) is 1. The predicted molar refractivity (Wildman–Crippen MR) is 65.5 cm³/mol. The van der Waals surface area contributed by atoms with Crippen LogP contribution >= 0.6 is 0 Å². The summed E-state index contributed by atoms with van der Waals surface area (Å²) in [6, 6.07) is 0. The van der Waals surface area contributed by atoms with E-state index in [1.165, 1.54) is 6.42 Å². The fourth-order valence-corrected chi connectivity index (χ4v) is 2.19. The fraction of sp³-hybridized carbons (Fsp3) is 0.923. The molecule has 16 heavy (non-hydrogen) atoms. The molecule has 1 aliphatic rings. The van der Waals surface area contributed by atoms with Gasteiger partial charge in [-0.2, -0.15) is 0 Å². The number of hydrogen-bond acceptors (Lipinski definition) is 3. The molecule has 1 N–H and O–H groups in total. The highest BCUT2D eigenvalue weighted by molar-refractivity contribution is 5.85. The van der Waals surface area contributed by atoms with Crippen molar-refractivity contribution in [2.45, 2.75) is 40.0 Å². The van der Waals surface area contributed by atoms with Crippen LogP contribution in [0.1, 0.15) is 40.0 Å². The maximum Gasteiger partial charge on any atom is 0.164 e. The van der Waals surface area contributed by atoms with Crippen molar-refractivity contribution in [1.82, 2.24) is 5.32 Å². The molecule has 3 nitrogen and oxygen atoms in total. The molecule has 0 amide bonds.